The molecule has 1 atom stereocenters. The smallest absolute Gasteiger partial charge is 0.135 e. The third-order valence-corrected chi connectivity index (χ3v) is 3.27. The molecule has 1 N–H and O–H groups in total. The van der Waals surface area contributed by atoms with Crippen molar-refractivity contribution in [3.8, 4) is 17.6 Å². The maximum Gasteiger partial charge on any atom is 0.135 e. The topological polar surface area (TPSA) is 47.3 Å². The van der Waals surface area contributed by atoms with Gasteiger partial charge in [0.15, 0.2) is 0 Å². The van der Waals surface area contributed by atoms with E-state index in [1.807, 2.05) is 41.2 Å². The van der Waals surface area contributed by atoms with Crippen LogP contribution in [0.15, 0.2) is 36.5 Å². The summed E-state index contributed by atoms with van der Waals surface area (Å²) in [5, 5.41) is 13.3. The first kappa shape index (κ1) is 15.1. The molecular weight excluding hydrogens is 264 g/mol. The minimum absolute atomic E-state index is 0.159. The molecule has 0 bridgehead atoms. The first-order chi connectivity index (χ1) is 10.2. The zero-order valence-corrected chi connectivity index (χ0v) is 12.4. The van der Waals surface area contributed by atoms with Crippen LogP contribution in [0.1, 0.15) is 37.6 Å². The molecule has 4 heteroatoms. The van der Waals surface area contributed by atoms with Crippen molar-refractivity contribution in [3.63, 3.8) is 0 Å². The second kappa shape index (κ2) is 7.51. The third kappa shape index (κ3) is 4.11. The summed E-state index contributed by atoms with van der Waals surface area (Å²) in [6.07, 6.45) is 3.02. The lowest BCUT2D eigenvalue weighted by atomic mass is 10.2. The van der Waals surface area contributed by atoms with Gasteiger partial charge in [-0.2, -0.15) is 5.10 Å². The van der Waals surface area contributed by atoms with Crippen LogP contribution >= 0.6 is 0 Å². The highest BCUT2D eigenvalue weighted by atomic mass is 16.5. The van der Waals surface area contributed by atoms with Crippen molar-refractivity contribution in [1.82, 2.24) is 9.78 Å². The molecule has 0 saturated carbocycles. The highest BCUT2D eigenvalue weighted by Gasteiger charge is 2.06. The van der Waals surface area contributed by atoms with E-state index in [9.17, 15) is 0 Å². The molecule has 1 heterocycles. The first-order valence-corrected chi connectivity index (χ1v) is 7.10. The fourth-order valence-electron chi connectivity index (χ4n) is 1.87. The molecular formula is C17H20N2O2. The molecule has 0 amide bonds. The zero-order valence-electron chi connectivity index (χ0n) is 12.4. The number of aromatic nitrogens is 2. The maximum atomic E-state index is 8.78. The Morgan fingerprint density at radius 3 is 2.90 bits per heavy atom. The van der Waals surface area contributed by atoms with E-state index in [1.54, 1.807) is 0 Å². The second-order valence-corrected chi connectivity index (χ2v) is 4.79. The van der Waals surface area contributed by atoms with Gasteiger partial charge in [0, 0.05) is 12.2 Å². The Morgan fingerprint density at radius 2 is 2.14 bits per heavy atom. The molecule has 110 valence electrons. The van der Waals surface area contributed by atoms with Crippen LogP contribution < -0.4 is 4.74 Å². The Balaban J connectivity index is 2.05. The number of ether oxygens (including phenoxy) is 1. The first-order valence-electron chi connectivity index (χ1n) is 7.10. The number of aliphatic hydroxyl groups excluding tert-OH is 1. The van der Waals surface area contributed by atoms with Gasteiger partial charge >= 0.3 is 0 Å². The summed E-state index contributed by atoms with van der Waals surface area (Å²) in [4.78, 5) is 0. The van der Waals surface area contributed by atoms with Gasteiger partial charge in [-0.3, -0.25) is 4.68 Å². The van der Waals surface area contributed by atoms with Crippen molar-refractivity contribution in [2.45, 2.75) is 32.9 Å². The van der Waals surface area contributed by atoms with E-state index in [0.29, 0.717) is 18.4 Å². The van der Waals surface area contributed by atoms with Crippen LogP contribution in [0.4, 0.5) is 0 Å². The predicted molar refractivity (Wildman–Crippen MR) is 82.0 cm³/mol. The van der Waals surface area contributed by atoms with Crippen LogP contribution in [0.5, 0.6) is 5.75 Å². The van der Waals surface area contributed by atoms with Gasteiger partial charge in [-0.05, 0) is 31.5 Å². The van der Waals surface area contributed by atoms with Crippen LogP contribution in [0, 0.1) is 11.8 Å². The Kier molecular flexibility index (Phi) is 5.42. The average molecular weight is 284 g/mol. The number of rotatable bonds is 5. The molecule has 2 aromatic rings. The summed E-state index contributed by atoms with van der Waals surface area (Å²) in [5.74, 6) is 6.22. The van der Waals surface area contributed by atoms with E-state index in [0.717, 1.165) is 17.7 Å². The summed E-state index contributed by atoms with van der Waals surface area (Å²) in [6.45, 7) is 4.52. The minimum Gasteiger partial charge on any atom is -0.486 e. The Bertz CT molecular complexity index is 637. The quantitative estimate of drug-likeness (QED) is 0.859. The van der Waals surface area contributed by atoms with Crippen molar-refractivity contribution in [1.29, 1.82) is 0 Å². The maximum absolute atomic E-state index is 8.78. The third-order valence-electron chi connectivity index (χ3n) is 3.27. The van der Waals surface area contributed by atoms with E-state index in [-0.39, 0.29) is 6.61 Å². The summed E-state index contributed by atoms with van der Waals surface area (Å²) < 4.78 is 7.74. The zero-order chi connectivity index (χ0) is 15.1. The van der Waals surface area contributed by atoms with E-state index in [1.165, 1.54) is 0 Å². The SMILES string of the molecule is CCC(C)n1ccc(COc2ccccc2C#CCO)n1. The van der Waals surface area contributed by atoms with Crippen molar-refractivity contribution < 1.29 is 9.84 Å². The molecule has 0 radical (unpaired) electrons. The number of aliphatic hydroxyl groups is 1. The number of para-hydroxylation sites is 1. The monoisotopic (exact) mass is 284 g/mol. The van der Waals surface area contributed by atoms with Gasteiger partial charge in [0.25, 0.3) is 0 Å². The molecule has 1 aromatic carbocycles. The molecule has 0 aliphatic rings. The Morgan fingerprint density at radius 1 is 1.33 bits per heavy atom. The lowest BCUT2D eigenvalue weighted by Crippen LogP contribution is -2.06. The van der Waals surface area contributed by atoms with E-state index >= 15 is 0 Å². The van der Waals surface area contributed by atoms with Crippen LogP contribution in [0.25, 0.3) is 0 Å². The highest BCUT2D eigenvalue weighted by molar-refractivity contribution is 5.45. The number of hydrogen-bond acceptors (Lipinski definition) is 3. The summed E-state index contributed by atoms with van der Waals surface area (Å²) in [7, 11) is 0. The van der Waals surface area contributed by atoms with E-state index < -0.39 is 0 Å². The van der Waals surface area contributed by atoms with Gasteiger partial charge in [0.05, 0.1) is 11.3 Å². The Hall–Kier alpha value is -2.25. The fraction of sp³-hybridized carbons (Fsp3) is 0.353. The second-order valence-electron chi connectivity index (χ2n) is 4.79. The number of benzene rings is 1. The van der Waals surface area contributed by atoms with Gasteiger partial charge in [0.1, 0.15) is 19.0 Å². The molecule has 2 rings (SSSR count). The fourth-order valence-corrected chi connectivity index (χ4v) is 1.87. The molecule has 1 unspecified atom stereocenters. The van der Waals surface area contributed by atoms with Crippen molar-refractivity contribution in [2.75, 3.05) is 6.61 Å². The van der Waals surface area contributed by atoms with Gasteiger partial charge in [-0.15, -0.1) is 0 Å². The largest absolute Gasteiger partial charge is 0.486 e. The molecule has 0 fully saturated rings. The van der Waals surface area contributed by atoms with E-state index in [2.05, 4.69) is 30.8 Å². The normalized spacial score (nSPS) is 11.6. The van der Waals surface area contributed by atoms with Crippen molar-refractivity contribution in [3.05, 3.63) is 47.8 Å². The minimum atomic E-state index is -0.159. The van der Waals surface area contributed by atoms with Crippen molar-refractivity contribution >= 4 is 0 Å². The molecule has 21 heavy (non-hydrogen) atoms. The summed E-state index contributed by atoms with van der Waals surface area (Å²) in [6, 6.07) is 9.89. The van der Waals surface area contributed by atoms with Crippen LogP contribution in [-0.2, 0) is 6.61 Å². The van der Waals surface area contributed by atoms with Gasteiger partial charge in [0.2, 0.25) is 0 Å². The van der Waals surface area contributed by atoms with Crippen molar-refractivity contribution in [2.24, 2.45) is 0 Å². The number of nitrogens with zero attached hydrogens (tertiary/aromatic N) is 2. The number of hydrogen-bond donors (Lipinski definition) is 1. The molecule has 0 aliphatic carbocycles. The summed E-state index contributed by atoms with van der Waals surface area (Å²) >= 11 is 0. The lowest BCUT2D eigenvalue weighted by Gasteiger charge is -2.09. The molecule has 0 aliphatic heterocycles. The lowest BCUT2D eigenvalue weighted by molar-refractivity contribution is 0.297. The van der Waals surface area contributed by atoms with E-state index in [4.69, 9.17) is 9.84 Å². The van der Waals surface area contributed by atoms with Gasteiger partial charge in [-0.25, -0.2) is 0 Å². The molecule has 0 saturated heterocycles. The van der Waals surface area contributed by atoms with Crippen LogP contribution in [0.2, 0.25) is 0 Å². The Labute approximate surface area is 125 Å². The van der Waals surface area contributed by atoms with Gasteiger partial charge in [-0.1, -0.05) is 30.9 Å². The predicted octanol–water partition coefficient (Wildman–Crippen LogP) is 2.78. The highest BCUT2D eigenvalue weighted by Crippen LogP contribution is 2.18. The standard InChI is InChI=1S/C17H20N2O2/c1-3-14(2)19-11-10-16(18-19)13-21-17-9-5-4-7-15(17)8-6-12-20/h4-5,7,9-11,14,20H,3,12-13H2,1-2H3. The van der Waals surface area contributed by atoms with Crippen LogP contribution in [-0.4, -0.2) is 21.5 Å². The molecule has 0 spiro atoms. The van der Waals surface area contributed by atoms with Gasteiger partial charge < -0.3 is 9.84 Å². The summed E-state index contributed by atoms with van der Waals surface area (Å²) in [5.41, 5.74) is 1.66. The van der Waals surface area contributed by atoms with Crippen LogP contribution in [0.3, 0.4) is 0 Å². The average Bonchev–Trinajstić information content (AvgIpc) is 3.00. The molecule has 4 nitrogen and oxygen atoms in total. The molecule has 1 aromatic heterocycles.